The third kappa shape index (κ3) is 8.36. The number of halogens is 25. The molecule has 4 aliphatic heterocycles. The standard InChI is InChI=1S/C55H14F25N5/c56-31-26(32(57)42(67)51(76)41(31)66)21-11-1-2-12(81-11)22(27-33(58)43(68)52(77)44(69)34(27)59)14-5-6-16(83-14)24(29-37(62)47(72)54(79)48(73)38(29)63)18-9-10-20(85-18)25(30-39(64)49(74)55(80)50(75)40(30)65)19-8-7-17(84-19)23(15-4-3-13(21)82-15)28-35(60)45(70)53(78)46(71)36(28)61/h1-11,81-83H/b21-13+,22-12+,23-15+,24-18+,25-19+. The second-order valence-electron chi connectivity index (χ2n) is 18.0. The second-order valence-corrected chi connectivity index (χ2v) is 18.0. The number of aromatic amines is 2. The van der Waals surface area contributed by atoms with Gasteiger partial charge in [-0.05, 0) is 54.6 Å². The van der Waals surface area contributed by atoms with Crippen LogP contribution in [0, 0.1) is 145 Å². The van der Waals surface area contributed by atoms with Crippen molar-refractivity contribution < 1.29 is 110 Å². The third-order valence-electron chi connectivity index (χ3n) is 13.4. The SMILES string of the molecule is Fc1c(F)c(F)c(/C2=C3\C=CC(=N3)/C(c3c(F)c(F)c(F)c(F)c3F)=c3/cc/c([nH]3)=C(\c3c(F)c(F)c(F)c(F)c3F)C3C=C/C(=C(\c4c(F)c(F)c(F)c(F)c4F)c4ccc([nH]4)/C(c4c(F)c(F)c(F)c(F)c4F)=C4/C=CC2=N4)N3)c(F)c1F. The van der Waals surface area contributed by atoms with Crippen LogP contribution in [-0.4, -0.2) is 27.4 Å². The Bertz CT molecular complexity index is 4540. The van der Waals surface area contributed by atoms with Crippen LogP contribution in [0.2, 0.25) is 0 Å². The number of nitrogens with zero attached hydrogens (tertiary/aromatic N) is 2. The van der Waals surface area contributed by atoms with E-state index in [2.05, 4.69) is 25.3 Å². The fourth-order valence-electron chi connectivity index (χ4n) is 9.65. The van der Waals surface area contributed by atoms with Gasteiger partial charge in [0.15, 0.2) is 116 Å². The molecule has 2 aromatic heterocycles. The van der Waals surface area contributed by atoms with E-state index in [0.29, 0.717) is 60.7 Å². The molecule has 5 nitrogen and oxygen atoms in total. The number of rotatable bonds is 5. The van der Waals surface area contributed by atoms with Gasteiger partial charge in [0.25, 0.3) is 0 Å². The van der Waals surface area contributed by atoms with Gasteiger partial charge in [0.1, 0.15) is 0 Å². The maximum atomic E-state index is 16.2. The summed E-state index contributed by atoms with van der Waals surface area (Å²) in [6.45, 7) is 0. The first kappa shape index (κ1) is 57.1. The lowest BCUT2D eigenvalue weighted by atomic mass is 9.96. The molecular weight excluding hydrogens is 1210 g/mol. The molecule has 1 atom stereocenters. The molecule has 5 aromatic carbocycles. The molecule has 0 spiro atoms. The van der Waals surface area contributed by atoms with Gasteiger partial charge >= 0.3 is 0 Å². The predicted octanol–water partition coefficient (Wildman–Crippen LogP) is 13.4. The van der Waals surface area contributed by atoms with Gasteiger partial charge in [0.2, 0.25) is 29.1 Å². The van der Waals surface area contributed by atoms with E-state index in [1.165, 1.54) is 0 Å². The average molecular weight is 1220 g/mol. The minimum Gasteiger partial charge on any atom is -0.374 e. The summed E-state index contributed by atoms with van der Waals surface area (Å²) in [5.74, 6) is -69.1. The molecule has 1 unspecified atom stereocenters. The maximum absolute atomic E-state index is 16.2. The molecule has 11 rings (SSSR count). The van der Waals surface area contributed by atoms with Crippen LogP contribution in [0.4, 0.5) is 110 Å². The first-order chi connectivity index (χ1) is 40.1. The van der Waals surface area contributed by atoms with Gasteiger partial charge in [-0.15, -0.1) is 0 Å². The zero-order valence-corrected chi connectivity index (χ0v) is 40.2. The number of aliphatic imine (C=N–C) groups is 2. The predicted molar refractivity (Wildman–Crippen MR) is 245 cm³/mol. The number of hydrogen-bond acceptors (Lipinski definition) is 3. The minimum absolute atomic E-state index is 0.466. The summed E-state index contributed by atoms with van der Waals surface area (Å²) < 4.78 is 388. The monoisotopic (exact) mass is 1220 g/mol. The molecule has 3 N–H and O–H groups in total. The highest BCUT2D eigenvalue weighted by molar-refractivity contribution is 6.35. The van der Waals surface area contributed by atoms with Crippen LogP contribution in [0.5, 0.6) is 0 Å². The van der Waals surface area contributed by atoms with Gasteiger partial charge in [0, 0.05) is 55.6 Å². The van der Waals surface area contributed by atoms with Crippen molar-refractivity contribution in [2.24, 2.45) is 9.98 Å². The Balaban J connectivity index is 1.37. The van der Waals surface area contributed by atoms with Crippen molar-refractivity contribution in [2.75, 3.05) is 0 Å². The lowest BCUT2D eigenvalue weighted by molar-refractivity contribution is 0.375. The quantitative estimate of drug-likeness (QED) is 0.0897. The molecule has 0 saturated carbocycles. The van der Waals surface area contributed by atoms with E-state index in [-0.39, 0.29) is 0 Å². The molecular formula is C55H14F25N5. The third-order valence-corrected chi connectivity index (χ3v) is 13.4. The molecule has 0 radical (unpaired) electrons. The fraction of sp³-hybridized carbons (Fsp3) is 0.0182. The van der Waals surface area contributed by atoms with Crippen LogP contribution < -0.4 is 16.0 Å². The molecule has 6 heterocycles. The van der Waals surface area contributed by atoms with Crippen LogP contribution in [-0.2, 0) is 0 Å². The van der Waals surface area contributed by atoms with Crippen molar-refractivity contribution >= 4 is 39.3 Å². The molecule has 7 aromatic rings. The summed E-state index contributed by atoms with van der Waals surface area (Å²) in [6, 6.07) is -0.210. The highest BCUT2D eigenvalue weighted by atomic mass is 19.2. The number of allylic oxidation sites excluding steroid dienone is 6. The minimum atomic E-state index is -2.84. The summed E-state index contributed by atoms with van der Waals surface area (Å²) in [7, 11) is 0. The maximum Gasteiger partial charge on any atom is 0.200 e. The second kappa shape index (κ2) is 20.2. The number of fused-ring (bicyclic) bond motifs is 8. The molecule has 0 aliphatic carbocycles. The molecule has 0 saturated heterocycles. The van der Waals surface area contributed by atoms with Gasteiger partial charge in [-0.1, -0.05) is 6.08 Å². The van der Waals surface area contributed by atoms with E-state index in [1.807, 2.05) is 0 Å². The Hall–Kier alpha value is -9.77. The molecule has 0 amide bonds. The van der Waals surface area contributed by atoms with Crippen molar-refractivity contribution in [1.29, 1.82) is 0 Å². The van der Waals surface area contributed by atoms with Crippen LogP contribution in [0.25, 0.3) is 27.9 Å². The summed E-state index contributed by atoms with van der Waals surface area (Å²) in [6.07, 6.45) is 3.06. The van der Waals surface area contributed by atoms with E-state index in [0.717, 1.165) is 0 Å². The number of aromatic nitrogens is 2. The lowest BCUT2D eigenvalue weighted by Crippen LogP contribution is -2.31. The first-order valence-electron chi connectivity index (χ1n) is 23.0. The van der Waals surface area contributed by atoms with Gasteiger partial charge in [-0.3, -0.25) is 0 Å². The van der Waals surface area contributed by atoms with E-state index in [9.17, 15) is 22.0 Å². The number of hydrogen-bond donors (Lipinski definition) is 3. The van der Waals surface area contributed by atoms with Gasteiger partial charge < -0.3 is 15.3 Å². The van der Waals surface area contributed by atoms with E-state index in [1.54, 1.807) is 0 Å². The van der Waals surface area contributed by atoms with Crippen LogP contribution in [0.15, 0.2) is 87.8 Å². The zero-order chi connectivity index (χ0) is 61.6. The largest absolute Gasteiger partial charge is 0.374 e. The summed E-state index contributed by atoms with van der Waals surface area (Å²) in [4.78, 5) is 12.2. The Kier molecular flexibility index (Phi) is 13.6. The van der Waals surface area contributed by atoms with Crippen molar-refractivity contribution in [3.8, 4) is 0 Å². The Morgan fingerprint density at radius 3 is 0.988 bits per heavy atom. The lowest BCUT2D eigenvalue weighted by Gasteiger charge is -2.20. The highest BCUT2D eigenvalue weighted by Crippen LogP contribution is 2.44. The smallest absolute Gasteiger partial charge is 0.200 e. The van der Waals surface area contributed by atoms with Crippen LogP contribution in [0.1, 0.15) is 39.2 Å². The average Bonchev–Trinajstić information content (AvgIpc) is 2.23. The number of H-pyrrole nitrogens is 2. The molecule has 10 bridgehead atoms. The number of nitrogens with one attached hydrogen (secondary N) is 3. The van der Waals surface area contributed by atoms with Crippen LogP contribution in [0.3, 0.4) is 0 Å². The van der Waals surface area contributed by atoms with Crippen LogP contribution >= 0.6 is 0 Å². The van der Waals surface area contributed by atoms with Gasteiger partial charge in [-0.25, -0.2) is 120 Å². The van der Waals surface area contributed by atoms with Crippen molar-refractivity contribution in [3.05, 3.63) is 273 Å². The number of benzene rings is 5. The molecule has 0 fully saturated rings. The van der Waals surface area contributed by atoms with Crippen molar-refractivity contribution in [1.82, 2.24) is 15.3 Å². The van der Waals surface area contributed by atoms with Gasteiger partial charge in [-0.2, -0.15) is 0 Å². The Labute approximate surface area is 452 Å². The van der Waals surface area contributed by atoms with Crippen molar-refractivity contribution in [3.63, 3.8) is 0 Å². The summed E-state index contributed by atoms with van der Waals surface area (Å²) in [5, 5.41) is 0.110. The van der Waals surface area contributed by atoms with E-state index >= 15 is 87.8 Å². The topological polar surface area (TPSA) is 68.3 Å². The van der Waals surface area contributed by atoms with E-state index in [4.69, 9.17) is 0 Å². The van der Waals surface area contributed by atoms with Gasteiger partial charge in [0.05, 0.1) is 56.7 Å². The molecule has 434 valence electrons. The Morgan fingerprint density at radius 1 is 0.271 bits per heavy atom. The summed E-state index contributed by atoms with van der Waals surface area (Å²) in [5.41, 5.74) is -25.5. The fourth-order valence-corrected chi connectivity index (χ4v) is 9.65. The molecule has 30 heteroatoms. The molecule has 4 aliphatic rings. The first-order valence-corrected chi connectivity index (χ1v) is 23.0. The molecule has 85 heavy (non-hydrogen) atoms. The normalized spacial score (nSPS) is 19.7. The van der Waals surface area contributed by atoms with E-state index < -0.39 is 258 Å². The van der Waals surface area contributed by atoms with Crippen molar-refractivity contribution in [2.45, 2.75) is 6.04 Å². The Morgan fingerprint density at radius 2 is 0.576 bits per heavy atom. The zero-order valence-electron chi connectivity index (χ0n) is 40.2. The summed E-state index contributed by atoms with van der Waals surface area (Å²) >= 11 is 0. The highest BCUT2D eigenvalue weighted by Gasteiger charge is 2.40.